The first-order chi connectivity index (χ1) is 10.5. The number of hydrogen-bond donors (Lipinski definition) is 0. The lowest BCUT2D eigenvalue weighted by Gasteiger charge is -2.27. The van der Waals surface area contributed by atoms with E-state index in [0.29, 0.717) is 18.1 Å². The van der Waals surface area contributed by atoms with Gasteiger partial charge in [-0.1, -0.05) is 26.2 Å². The maximum absolute atomic E-state index is 13.1. The van der Waals surface area contributed by atoms with Gasteiger partial charge in [0.15, 0.2) is 17.5 Å². The van der Waals surface area contributed by atoms with Gasteiger partial charge in [0, 0.05) is 12.1 Å². The van der Waals surface area contributed by atoms with E-state index in [9.17, 15) is 18.0 Å². The number of ether oxygens (including phenoxy) is 1. The summed E-state index contributed by atoms with van der Waals surface area (Å²) in [7, 11) is 0. The van der Waals surface area contributed by atoms with Gasteiger partial charge in [-0.25, -0.2) is 13.2 Å². The van der Waals surface area contributed by atoms with Crippen molar-refractivity contribution in [3.63, 3.8) is 0 Å². The number of hydrogen-bond acceptors (Lipinski definition) is 2. The summed E-state index contributed by atoms with van der Waals surface area (Å²) in [6.07, 6.45) is 6.99. The Morgan fingerprint density at radius 3 is 2.27 bits per heavy atom. The van der Waals surface area contributed by atoms with Crippen LogP contribution in [0.15, 0.2) is 12.1 Å². The lowest BCUT2D eigenvalue weighted by molar-refractivity contribution is -0.140. The Morgan fingerprint density at radius 2 is 1.73 bits per heavy atom. The average molecular weight is 314 g/mol. The number of rotatable bonds is 5. The Kier molecular flexibility index (Phi) is 5.86. The molecule has 22 heavy (non-hydrogen) atoms. The topological polar surface area (TPSA) is 26.3 Å². The van der Waals surface area contributed by atoms with Crippen LogP contribution >= 0.6 is 0 Å². The first-order valence-electron chi connectivity index (χ1n) is 7.87. The van der Waals surface area contributed by atoms with Crippen LogP contribution in [0.1, 0.15) is 51.9 Å². The Bertz CT molecular complexity index is 500. The third-order valence-corrected chi connectivity index (χ3v) is 4.32. The molecule has 1 aliphatic carbocycles. The largest absolute Gasteiger partial charge is 0.426 e. The van der Waals surface area contributed by atoms with Crippen molar-refractivity contribution in [1.82, 2.24) is 0 Å². The lowest BCUT2D eigenvalue weighted by atomic mass is 9.80. The molecule has 0 saturated heterocycles. The van der Waals surface area contributed by atoms with Crippen molar-refractivity contribution < 1.29 is 22.7 Å². The summed E-state index contributed by atoms with van der Waals surface area (Å²) in [5, 5.41) is 0. The zero-order valence-corrected chi connectivity index (χ0v) is 12.7. The van der Waals surface area contributed by atoms with Gasteiger partial charge in [-0.05, 0) is 31.6 Å². The van der Waals surface area contributed by atoms with Gasteiger partial charge in [0.25, 0.3) is 0 Å². The summed E-state index contributed by atoms with van der Waals surface area (Å²) < 4.78 is 44.1. The van der Waals surface area contributed by atoms with Crippen molar-refractivity contribution in [3.05, 3.63) is 29.6 Å². The van der Waals surface area contributed by atoms with Crippen LogP contribution in [0.3, 0.4) is 0 Å². The molecule has 0 aliphatic heterocycles. The molecule has 0 unspecified atom stereocenters. The fourth-order valence-corrected chi connectivity index (χ4v) is 2.97. The van der Waals surface area contributed by atoms with E-state index >= 15 is 0 Å². The second kappa shape index (κ2) is 7.65. The van der Waals surface area contributed by atoms with Gasteiger partial charge in [-0.2, -0.15) is 0 Å². The number of carbonyl (C=O) groups is 1. The summed E-state index contributed by atoms with van der Waals surface area (Å²) >= 11 is 0. The molecule has 0 aromatic heterocycles. The van der Waals surface area contributed by atoms with Crippen LogP contribution in [0, 0.1) is 29.3 Å². The quantitative estimate of drug-likeness (QED) is 0.434. The summed E-state index contributed by atoms with van der Waals surface area (Å²) in [5.74, 6) is -4.62. The maximum atomic E-state index is 13.1. The van der Waals surface area contributed by atoms with Crippen LogP contribution in [0.2, 0.25) is 0 Å². The highest BCUT2D eigenvalue weighted by molar-refractivity contribution is 5.75. The highest BCUT2D eigenvalue weighted by atomic mass is 19.2. The molecule has 0 heterocycles. The molecule has 0 amide bonds. The molecule has 0 N–H and O–H groups in total. The molecule has 0 spiro atoms. The summed E-state index contributed by atoms with van der Waals surface area (Å²) in [4.78, 5) is 12.0. The van der Waals surface area contributed by atoms with E-state index in [0.717, 1.165) is 25.7 Å². The van der Waals surface area contributed by atoms with E-state index < -0.39 is 23.4 Å². The minimum absolute atomic E-state index is 0.242. The summed E-state index contributed by atoms with van der Waals surface area (Å²) in [5.41, 5.74) is 0. The molecule has 0 bridgehead atoms. The third kappa shape index (κ3) is 4.24. The normalized spacial score (nSPS) is 21.6. The molecule has 2 nitrogen and oxygen atoms in total. The van der Waals surface area contributed by atoms with Crippen LogP contribution in [0.4, 0.5) is 13.2 Å². The minimum Gasteiger partial charge on any atom is -0.426 e. The van der Waals surface area contributed by atoms with E-state index in [4.69, 9.17) is 4.74 Å². The van der Waals surface area contributed by atoms with Crippen molar-refractivity contribution in [2.24, 2.45) is 11.8 Å². The maximum Gasteiger partial charge on any atom is 0.314 e. The minimum atomic E-state index is -1.56. The number of unbranched alkanes of at least 4 members (excludes halogenated alkanes) is 1. The van der Waals surface area contributed by atoms with Crippen molar-refractivity contribution in [1.29, 1.82) is 0 Å². The van der Waals surface area contributed by atoms with Crippen molar-refractivity contribution in [2.45, 2.75) is 51.9 Å². The molecule has 5 heteroatoms. The van der Waals surface area contributed by atoms with Crippen molar-refractivity contribution in [3.8, 4) is 5.75 Å². The van der Waals surface area contributed by atoms with Gasteiger partial charge >= 0.3 is 5.97 Å². The second-order valence-corrected chi connectivity index (χ2v) is 5.98. The number of halogens is 3. The Hall–Kier alpha value is -1.52. The summed E-state index contributed by atoms with van der Waals surface area (Å²) in [6.45, 7) is 2.16. The predicted molar refractivity (Wildman–Crippen MR) is 76.9 cm³/mol. The van der Waals surface area contributed by atoms with E-state index in [1.165, 1.54) is 19.3 Å². The lowest BCUT2D eigenvalue weighted by Crippen LogP contribution is -2.25. The number of esters is 1. The van der Waals surface area contributed by atoms with Crippen LogP contribution in [0.25, 0.3) is 0 Å². The second-order valence-electron chi connectivity index (χ2n) is 5.98. The van der Waals surface area contributed by atoms with Crippen molar-refractivity contribution >= 4 is 5.97 Å². The average Bonchev–Trinajstić information content (AvgIpc) is 2.51. The Morgan fingerprint density at radius 1 is 1.14 bits per heavy atom. The zero-order valence-electron chi connectivity index (χ0n) is 12.7. The van der Waals surface area contributed by atoms with E-state index in [1.807, 2.05) is 0 Å². The highest BCUT2D eigenvalue weighted by Crippen LogP contribution is 2.33. The Balaban J connectivity index is 1.88. The summed E-state index contributed by atoms with van der Waals surface area (Å²) in [6, 6.07) is 1.40. The smallest absolute Gasteiger partial charge is 0.314 e. The van der Waals surface area contributed by atoms with Gasteiger partial charge < -0.3 is 4.74 Å². The first kappa shape index (κ1) is 16.8. The molecule has 1 aromatic carbocycles. The van der Waals surface area contributed by atoms with Crippen LogP contribution < -0.4 is 4.74 Å². The fraction of sp³-hybridized carbons (Fsp3) is 0.588. The molecular formula is C17H21F3O2. The van der Waals surface area contributed by atoms with Crippen LogP contribution in [-0.2, 0) is 4.79 Å². The third-order valence-electron chi connectivity index (χ3n) is 4.32. The number of carbonyl (C=O) groups excluding carboxylic acids is 1. The van der Waals surface area contributed by atoms with E-state index in [2.05, 4.69) is 6.92 Å². The molecule has 1 saturated carbocycles. The number of benzene rings is 1. The molecule has 2 rings (SSSR count). The zero-order chi connectivity index (χ0) is 16.1. The van der Waals surface area contributed by atoms with E-state index in [1.54, 1.807) is 0 Å². The van der Waals surface area contributed by atoms with Gasteiger partial charge in [0.05, 0.1) is 5.92 Å². The van der Waals surface area contributed by atoms with Crippen molar-refractivity contribution in [2.75, 3.05) is 0 Å². The van der Waals surface area contributed by atoms with Gasteiger partial charge in [-0.3, -0.25) is 4.79 Å². The molecule has 122 valence electrons. The first-order valence-corrected chi connectivity index (χ1v) is 7.87. The molecule has 1 aromatic rings. The fourth-order valence-electron chi connectivity index (χ4n) is 2.97. The van der Waals surface area contributed by atoms with Gasteiger partial charge in [-0.15, -0.1) is 0 Å². The molecule has 1 fully saturated rings. The van der Waals surface area contributed by atoms with Crippen LogP contribution in [0.5, 0.6) is 5.75 Å². The van der Waals surface area contributed by atoms with Gasteiger partial charge in [0.1, 0.15) is 5.75 Å². The molecular weight excluding hydrogens is 293 g/mol. The highest BCUT2D eigenvalue weighted by Gasteiger charge is 2.27. The standard InChI is InChI=1S/C17H21F3O2/c1-2-3-4-11-5-7-12(8-6-11)17(21)22-13-9-14(18)16(20)15(19)10-13/h9-12H,2-8H2,1H3. The molecule has 0 atom stereocenters. The Labute approximate surface area is 128 Å². The van der Waals surface area contributed by atoms with Gasteiger partial charge in [0.2, 0.25) is 0 Å². The van der Waals surface area contributed by atoms with E-state index in [-0.39, 0.29) is 11.7 Å². The molecule has 1 aliphatic rings. The SMILES string of the molecule is CCCCC1CCC(C(=O)Oc2cc(F)c(F)c(F)c2)CC1. The van der Waals surface area contributed by atoms with Crippen LogP contribution in [-0.4, -0.2) is 5.97 Å². The predicted octanol–water partition coefficient (Wildman–Crippen LogP) is 5.01. The molecule has 0 radical (unpaired) electrons. The monoisotopic (exact) mass is 314 g/mol.